The molecule has 0 fully saturated rings. The molecule has 4 N–H and O–H groups in total. The van der Waals surface area contributed by atoms with Crippen LogP contribution in [0.5, 0.6) is 0 Å². The first kappa shape index (κ1) is 21.4. The van der Waals surface area contributed by atoms with Crippen LogP contribution in [-0.4, -0.2) is 66.9 Å². The summed E-state index contributed by atoms with van der Waals surface area (Å²) in [7, 11) is 1.50. The molecule has 132 valence electrons. The van der Waals surface area contributed by atoms with Crippen molar-refractivity contribution in [2.45, 2.75) is 19.8 Å². The van der Waals surface area contributed by atoms with Crippen LogP contribution in [0.3, 0.4) is 0 Å². The summed E-state index contributed by atoms with van der Waals surface area (Å²) in [5.74, 6) is -1.53. The van der Waals surface area contributed by atoms with Crippen LogP contribution in [0.4, 0.5) is 0 Å². The molecule has 0 radical (unpaired) electrons. The molecule has 9 heteroatoms. The molecule has 0 aromatic heterocycles. The van der Waals surface area contributed by atoms with E-state index in [0.29, 0.717) is 24.7 Å². The van der Waals surface area contributed by atoms with Gasteiger partial charge in [-0.15, -0.1) is 0 Å². The van der Waals surface area contributed by atoms with Crippen molar-refractivity contribution in [3.8, 4) is 0 Å². The summed E-state index contributed by atoms with van der Waals surface area (Å²) in [5, 5.41) is 11.2. The Morgan fingerprint density at radius 2 is 2.09 bits per heavy atom. The van der Waals surface area contributed by atoms with Crippen LogP contribution in [-0.2, 0) is 19.1 Å². The van der Waals surface area contributed by atoms with Crippen molar-refractivity contribution < 1.29 is 24.2 Å². The number of carbonyl (C=O) groups excluding carboxylic acids is 2. The van der Waals surface area contributed by atoms with Crippen LogP contribution in [0.1, 0.15) is 19.8 Å². The van der Waals surface area contributed by atoms with Gasteiger partial charge < -0.3 is 20.9 Å². The van der Waals surface area contributed by atoms with E-state index in [9.17, 15) is 14.4 Å². The lowest BCUT2D eigenvalue weighted by molar-refractivity contribution is -0.137. The fourth-order valence-electron chi connectivity index (χ4n) is 1.60. The van der Waals surface area contributed by atoms with Gasteiger partial charge in [0.1, 0.15) is 5.71 Å². The molecular weight excluding hydrogens is 322 g/mol. The standard InChI is InChI=1S/C14H25N3O5S/c1-3-22-6-7-23-9-11(14(21)16-2)17-8-10(13(15)20)4-5-12(18)19/h10H,3-9H2,1-2H3,(H2,15,20)(H,16,21)(H,18,19). The van der Waals surface area contributed by atoms with Crippen LogP contribution in [0.25, 0.3) is 0 Å². The highest BCUT2D eigenvalue weighted by molar-refractivity contribution is 8.00. The number of rotatable bonds is 13. The number of amides is 2. The topological polar surface area (TPSA) is 131 Å². The average molecular weight is 347 g/mol. The minimum absolute atomic E-state index is 0.0113. The molecule has 0 aliphatic carbocycles. The molecule has 0 bridgehead atoms. The van der Waals surface area contributed by atoms with E-state index in [4.69, 9.17) is 15.6 Å². The Balaban J connectivity index is 4.60. The van der Waals surface area contributed by atoms with Gasteiger partial charge >= 0.3 is 5.97 Å². The molecule has 0 saturated carbocycles. The van der Waals surface area contributed by atoms with E-state index in [1.165, 1.54) is 18.8 Å². The SMILES string of the molecule is CCOCCSCC(=NCC(CCC(=O)O)C(N)=O)C(=O)NC. The molecule has 0 aliphatic heterocycles. The lowest BCUT2D eigenvalue weighted by Gasteiger charge is -2.11. The Bertz CT molecular complexity index is 429. The van der Waals surface area contributed by atoms with E-state index < -0.39 is 17.8 Å². The summed E-state index contributed by atoms with van der Waals surface area (Å²) in [5.41, 5.74) is 5.55. The van der Waals surface area contributed by atoms with Gasteiger partial charge in [0.15, 0.2) is 0 Å². The Labute approximate surface area is 140 Å². The number of aliphatic carboxylic acids is 1. The highest BCUT2D eigenvalue weighted by atomic mass is 32.2. The molecule has 0 heterocycles. The number of nitrogens with one attached hydrogen (secondary N) is 1. The predicted molar refractivity (Wildman–Crippen MR) is 89.7 cm³/mol. The number of ether oxygens (including phenoxy) is 1. The molecule has 1 unspecified atom stereocenters. The minimum Gasteiger partial charge on any atom is -0.481 e. The second kappa shape index (κ2) is 12.9. The number of carboxylic acid groups (broad SMARTS) is 1. The third kappa shape index (κ3) is 10.7. The maximum absolute atomic E-state index is 11.8. The first-order chi connectivity index (χ1) is 10.9. The van der Waals surface area contributed by atoms with Gasteiger partial charge in [0.25, 0.3) is 5.91 Å². The average Bonchev–Trinajstić information content (AvgIpc) is 2.51. The number of nitrogens with two attached hydrogens (primary N) is 1. The lowest BCUT2D eigenvalue weighted by Crippen LogP contribution is -2.32. The highest BCUT2D eigenvalue weighted by Gasteiger charge is 2.18. The quantitative estimate of drug-likeness (QED) is 0.315. The molecule has 0 rings (SSSR count). The minimum atomic E-state index is -1.00. The number of thioether (sulfide) groups is 1. The van der Waals surface area contributed by atoms with E-state index in [-0.39, 0.29) is 25.3 Å². The van der Waals surface area contributed by atoms with Crippen molar-refractivity contribution in [1.29, 1.82) is 0 Å². The van der Waals surface area contributed by atoms with Crippen molar-refractivity contribution in [3.05, 3.63) is 0 Å². The molecule has 2 amide bonds. The Morgan fingerprint density at radius 1 is 1.39 bits per heavy atom. The van der Waals surface area contributed by atoms with Crippen LogP contribution >= 0.6 is 11.8 Å². The number of aliphatic imine (C=N–C) groups is 1. The monoisotopic (exact) mass is 347 g/mol. The van der Waals surface area contributed by atoms with Crippen molar-refractivity contribution >= 4 is 35.3 Å². The lowest BCUT2D eigenvalue weighted by atomic mass is 10.0. The largest absolute Gasteiger partial charge is 0.481 e. The van der Waals surface area contributed by atoms with Crippen molar-refractivity contribution in [2.24, 2.45) is 16.6 Å². The molecule has 0 spiro atoms. The van der Waals surface area contributed by atoms with Gasteiger partial charge in [0.05, 0.1) is 19.1 Å². The van der Waals surface area contributed by atoms with Gasteiger partial charge in [-0.25, -0.2) is 0 Å². The zero-order valence-corrected chi connectivity index (χ0v) is 14.4. The van der Waals surface area contributed by atoms with Crippen molar-refractivity contribution in [2.75, 3.05) is 38.3 Å². The third-order valence-electron chi connectivity index (χ3n) is 2.92. The summed E-state index contributed by atoms with van der Waals surface area (Å²) in [4.78, 5) is 37.9. The third-order valence-corrected chi connectivity index (χ3v) is 3.85. The van der Waals surface area contributed by atoms with Gasteiger partial charge in [-0.05, 0) is 13.3 Å². The Morgan fingerprint density at radius 3 is 2.61 bits per heavy atom. The number of carbonyl (C=O) groups is 3. The molecule has 0 aromatic rings. The number of hydrogen-bond donors (Lipinski definition) is 3. The zero-order chi connectivity index (χ0) is 17.7. The second-order valence-corrected chi connectivity index (χ2v) is 5.75. The van der Waals surface area contributed by atoms with E-state index in [1.807, 2.05) is 6.92 Å². The van der Waals surface area contributed by atoms with Crippen molar-refractivity contribution in [1.82, 2.24) is 5.32 Å². The summed E-state index contributed by atoms with van der Waals surface area (Å²) in [6.45, 7) is 3.14. The first-order valence-electron chi connectivity index (χ1n) is 7.34. The molecule has 1 atom stereocenters. The Kier molecular flexibility index (Phi) is 12.0. The van der Waals surface area contributed by atoms with Crippen LogP contribution in [0.15, 0.2) is 4.99 Å². The van der Waals surface area contributed by atoms with E-state index >= 15 is 0 Å². The van der Waals surface area contributed by atoms with Gasteiger partial charge in [-0.1, -0.05) is 0 Å². The summed E-state index contributed by atoms with van der Waals surface area (Å²) in [6.07, 6.45) is -0.0613. The van der Waals surface area contributed by atoms with Gasteiger partial charge in [0, 0.05) is 31.6 Å². The fraction of sp³-hybridized carbons (Fsp3) is 0.714. The smallest absolute Gasteiger partial charge is 0.303 e. The highest BCUT2D eigenvalue weighted by Crippen LogP contribution is 2.08. The molecule has 0 saturated heterocycles. The van der Waals surface area contributed by atoms with Crippen LogP contribution in [0.2, 0.25) is 0 Å². The molecule has 23 heavy (non-hydrogen) atoms. The molecule has 0 aliphatic rings. The fourth-order valence-corrected chi connectivity index (χ4v) is 2.40. The number of hydrogen-bond acceptors (Lipinski definition) is 6. The van der Waals surface area contributed by atoms with E-state index in [0.717, 1.165) is 5.75 Å². The van der Waals surface area contributed by atoms with Crippen LogP contribution in [0, 0.1) is 5.92 Å². The summed E-state index contributed by atoms with van der Waals surface area (Å²) >= 11 is 1.50. The van der Waals surface area contributed by atoms with Crippen molar-refractivity contribution in [3.63, 3.8) is 0 Å². The molecule has 8 nitrogen and oxygen atoms in total. The van der Waals surface area contributed by atoms with Gasteiger partial charge in [-0.3, -0.25) is 19.4 Å². The normalized spacial score (nSPS) is 12.7. The number of carboxylic acids is 1. The van der Waals surface area contributed by atoms with Gasteiger partial charge in [-0.2, -0.15) is 11.8 Å². The Hall–Kier alpha value is -1.61. The zero-order valence-electron chi connectivity index (χ0n) is 13.5. The first-order valence-corrected chi connectivity index (χ1v) is 8.49. The van der Waals surface area contributed by atoms with Crippen LogP contribution < -0.4 is 11.1 Å². The van der Waals surface area contributed by atoms with E-state index in [1.54, 1.807) is 0 Å². The maximum Gasteiger partial charge on any atom is 0.303 e. The number of primary amides is 1. The summed E-state index contributed by atoms with van der Waals surface area (Å²) < 4.78 is 5.21. The second-order valence-electron chi connectivity index (χ2n) is 4.65. The molecular formula is C14H25N3O5S. The maximum atomic E-state index is 11.8. The molecule has 0 aromatic carbocycles. The summed E-state index contributed by atoms with van der Waals surface area (Å²) in [6, 6.07) is 0. The van der Waals surface area contributed by atoms with E-state index in [2.05, 4.69) is 10.3 Å². The number of nitrogens with zero attached hydrogens (tertiary/aromatic N) is 1. The predicted octanol–water partition coefficient (Wildman–Crippen LogP) is -0.0906. The van der Waals surface area contributed by atoms with Gasteiger partial charge in [0.2, 0.25) is 5.91 Å².